The van der Waals surface area contributed by atoms with Crippen LogP contribution in [0.2, 0.25) is 0 Å². The highest BCUT2D eigenvalue weighted by molar-refractivity contribution is 7.94. The summed E-state index contributed by atoms with van der Waals surface area (Å²) < 4.78 is 30.1. The Morgan fingerprint density at radius 3 is 2.64 bits per heavy atom. The number of aryl methyl sites for hydroxylation is 1. The van der Waals surface area contributed by atoms with Crippen molar-refractivity contribution in [2.24, 2.45) is 7.05 Å². The molecule has 0 atom stereocenters. The fourth-order valence-electron chi connectivity index (χ4n) is 3.10. The highest BCUT2D eigenvalue weighted by Crippen LogP contribution is 2.35. The van der Waals surface area contributed by atoms with E-state index in [4.69, 9.17) is 0 Å². The van der Waals surface area contributed by atoms with Gasteiger partial charge in [-0.3, -0.25) is 4.68 Å². The van der Waals surface area contributed by atoms with Gasteiger partial charge < -0.3 is 14.8 Å². The fourth-order valence-corrected chi connectivity index (χ4v) is 5.49. The van der Waals surface area contributed by atoms with Gasteiger partial charge >= 0.3 is 0 Å². The van der Waals surface area contributed by atoms with E-state index in [9.17, 15) is 18.6 Å². The second-order valence-corrected chi connectivity index (χ2v) is 9.02. The number of benzene rings is 1. The second kappa shape index (κ2) is 7.02. The number of fused-ring (bicyclic) bond motifs is 1. The molecule has 0 bridgehead atoms. The molecule has 2 N–H and O–H groups in total. The summed E-state index contributed by atoms with van der Waals surface area (Å²) in [5, 5.41) is 26.5. The van der Waals surface area contributed by atoms with Crippen molar-refractivity contribution in [1.82, 2.24) is 19.3 Å². The van der Waals surface area contributed by atoms with Gasteiger partial charge in [0.05, 0.1) is 16.9 Å². The number of thiophene rings is 1. The average Bonchev–Trinajstić information content (AvgIpc) is 3.41. The van der Waals surface area contributed by atoms with E-state index in [-0.39, 0.29) is 9.90 Å². The van der Waals surface area contributed by atoms with Gasteiger partial charge in [-0.2, -0.15) is 0 Å². The number of nitrogens with zero attached hydrogens (tertiary/aromatic N) is 5. The molecule has 146 valence electrons. The molecule has 9 nitrogen and oxygen atoms in total. The van der Waals surface area contributed by atoms with Gasteiger partial charge in [0.1, 0.15) is 24.0 Å². The van der Waals surface area contributed by atoms with Crippen molar-refractivity contribution >= 4 is 38.0 Å². The minimum Gasteiger partial charge on any atom is -0.376 e. The third kappa shape index (κ3) is 2.88. The number of hydrogen-bond acceptors (Lipinski definition) is 7. The number of hydrogen-bond donors (Lipinski definition) is 2. The van der Waals surface area contributed by atoms with E-state index < -0.39 is 23.5 Å². The Bertz CT molecular complexity index is 1230. The van der Waals surface area contributed by atoms with Crippen LogP contribution in [0.25, 0.3) is 22.4 Å². The normalized spacial score (nSPS) is 12.0. The van der Waals surface area contributed by atoms with Gasteiger partial charge in [0, 0.05) is 12.4 Å². The van der Waals surface area contributed by atoms with Crippen LogP contribution in [0, 0.1) is 0 Å². The Hall–Kier alpha value is -2.73. The molecular formula is C17H17N5O4S2. The van der Waals surface area contributed by atoms with Crippen LogP contribution in [0.5, 0.6) is 0 Å². The number of rotatable bonds is 6. The van der Waals surface area contributed by atoms with Gasteiger partial charge in [0.2, 0.25) is 0 Å². The Kier molecular flexibility index (Phi) is 4.67. The first-order valence-corrected chi connectivity index (χ1v) is 10.6. The topological polar surface area (TPSA) is 113 Å². The summed E-state index contributed by atoms with van der Waals surface area (Å²) in [7, 11) is -2.23. The Labute approximate surface area is 164 Å². The van der Waals surface area contributed by atoms with Crippen molar-refractivity contribution in [2.75, 3.05) is 11.0 Å². The van der Waals surface area contributed by atoms with Gasteiger partial charge in [-0.1, -0.05) is 18.2 Å². The van der Waals surface area contributed by atoms with E-state index in [1.807, 2.05) is 0 Å². The summed E-state index contributed by atoms with van der Waals surface area (Å²) in [6.45, 7) is -1.15. The van der Waals surface area contributed by atoms with Crippen LogP contribution in [0.3, 0.4) is 0 Å². The van der Waals surface area contributed by atoms with Crippen LogP contribution in [0.1, 0.15) is 0 Å². The summed E-state index contributed by atoms with van der Waals surface area (Å²) in [6, 6.07) is 9.97. The monoisotopic (exact) mass is 419 g/mol. The molecule has 0 saturated heterocycles. The lowest BCUT2D eigenvalue weighted by Crippen LogP contribution is -2.31. The number of aromatic nitrogens is 4. The number of anilines is 1. The third-order valence-corrected chi connectivity index (χ3v) is 7.42. The lowest BCUT2D eigenvalue weighted by Gasteiger charge is -2.23. The van der Waals surface area contributed by atoms with Crippen LogP contribution >= 0.6 is 11.3 Å². The Balaban J connectivity index is 1.96. The van der Waals surface area contributed by atoms with E-state index in [2.05, 4.69) is 10.1 Å². The third-order valence-electron chi connectivity index (χ3n) is 4.31. The zero-order valence-corrected chi connectivity index (χ0v) is 16.4. The van der Waals surface area contributed by atoms with Gasteiger partial charge in [-0.05, 0) is 23.6 Å². The van der Waals surface area contributed by atoms with Gasteiger partial charge in [0.25, 0.3) is 10.0 Å². The summed E-state index contributed by atoms with van der Waals surface area (Å²) in [5.41, 5.74) is 1.25. The van der Waals surface area contributed by atoms with Crippen LogP contribution in [-0.4, -0.2) is 44.7 Å². The van der Waals surface area contributed by atoms with Crippen molar-refractivity contribution in [2.45, 2.75) is 10.9 Å². The molecule has 0 amide bonds. The number of aliphatic hydroxyl groups excluding tert-OH is 2. The van der Waals surface area contributed by atoms with E-state index >= 15 is 0 Å². The molecule has 0 saturated carbocycles. The molecule has 0 aliphatic carbocycles. The van der Waals surface area contributed by atoms with Crippen molar-refractivity contribution < 1.29 is 18.6 Å². The van der Waals surface area contributed by atoms with Crippen LogP contribution in [0.15, 0.2) is 52.3 Å². The lowest BCUT2D eigenvalue weighted by molar-refractivity contribution is 0.217. The Morgan fingerprint density at radius 2 is 2.04 bits per heavy atom. The summed E-state index contributed by atoms with van der Waals surface area (Å²) >= 11 is 1.07. The molecule has 0 radical (unpaired) electrons. The smallest absolute Gasteiger partial charge is 0.275 e. The largest absolute Gasteiger partial charge is 0.376 e. The summed E-state index contributed by atoms with van der Waals surface area (Å²) in [4.78, 5) is 4.21. The first-order chi connectivity index (χ1) is 13.5. The highest BCUT2D eigenvalue weighted by atomic mass is 32.2. The van der Waals surface area contributed by atoms with E-state index in [0.717, 1.165) is 15.6 Å². The number of sulfonamides is 1. The molecule has 28 heavy (non-hydrogen) atoms. The molecule has 3 heterocycles. The summed E-state index contributed by atoms with van der Waals surface area (Å²) in [6.07, 6.45) is 1.54. The summed E-state index contributed by atoms with van der Waals surface area (Å²) in [5.74, 6) is 0.398. The van der Waals surface area contributed by atoms with Crippen LogP contribution < -0.4 is 4.31 Å². The van der Waals surface area contributed by atoms with E-state index in [1.165, 1.54) is 21.6 Å². The number of para-hydroxylation sites is 1. The molecule has 0 fully saturated rings. The maximum atomic E-state index is 13.0. The van der Waals surface area contributed by atoms with Crippen LogP contribution in [0.4, 0.5) is 5.69 Å². The Morgan fingerprint density at radius 1 is 1.21 bits per heavy atom. The lowest BCUT2D eigenvalue weighted by atomic mass is 10.2. The van der Waals surface area contributed by atoms with Crippen molar-refractivity contribution in [3.05, 3.63) is 48.1 Å². The van der Waals surface area contributed by atoms with Crippen LogP contribution in [-0.2, 0) is 23.8 Å². The van der Waals surface area contributed by atoms with Crippen molar-refractivity contribution in [3.8, 4) is 11.5 Å². The zero-order chi connectivity index (χ0) is 19.9. The van der Waals surface area contributed by atoms with E-state index in [0.29, 0.717) is 22.4 Å². The predicted octanol–water partition coefficient (Wildman–Crippen LogP) is 1.59. The quantitative estimate of drug-likeness (QED) is 0.459. The SMILES string of the molecule is Cn1cnc(-c2cc3cccc(N(CO)S(=O)(=O)c4cccs4)c3n2CO)n1. The fraction of sp³-hybridized carbons (Fsp3) is 0.176. The van der Waals surface area contributed by atoms with Gasteiger partial charge in [0.15, 0.2) is 5.82 Å². The molecule has 11 heteroatoms. The molecule has 4 aromatic rings. The standard InChI is InChI=1S/C17H17N5O4S2/c1-20-9-18-17(19-20)14-8-12-4-2-5-13(16(12)21(14)10-23)22(11-24)28(25,26)15-6-3-7-27-15/h2-9,23-24H,10-11H2,1H3. The maximum Gasteiger partial charge on any atom is 0.275 e. The van der Waals surface area contributed by atoms with Gasteiger partial charge in [-0.25, -0.2) is 17.7 Å². The minimum absolute atomic E-state index is 0.118. The average molecular weight is 419 g/mol. The molecule has 3 aromatic heterocycles. The van der Waals surface area contributed by atoms with Crippen molar-refractivity contribution in [3.63, 3.8) is 0 Å². The molecule has 1 aromatic carbocycles. The molecule has 0 spiro atoms. The molecule has 0 unspecified atom stereocenters. The maximum absolute atomic E-state index is 13.0. The second-order valence-electron chi connectivity index (χ2n) is 5.98. The van der Waals surface area contributed by atoms with Crippen molar-refractivity contribution in [1.29, 1.82) is 0 Å². The molecule has 4 rings (SSSR count). The van der Waals surface area contributed by atoms with Gasteiger partial charge in [-0.15, -0.1) is 16.4 Å². The highest BCUT2D eigenvalue weighted by Gasteiger charge is 2.28. The minimum atomic E-state index is -3.96. The molecule has 0 aliphatic rings. The van der Waals surface area contributed by atoms with E-state index in [1.54, 1.807) is 42.8 Å². The zero-order valence-electron chi connectivity index (χ0n) is 14.8. The number of aliphatic hydroxyl groups is 2. The first kappa shape index (κ1) is 18.6. The first-order valence-electron chi connectivity index (χ1n) is 8.23. The molecule has 0 aliphatic heterocycles. The predicted molar refractivity (Wildman–Crippen MR) is 105 cm³/mol. The molecular weight excluding hydrogens is 402 g/mol.